The van der Waals surface area contributed by atoms with Gasteiger partial charge in [0.1, 0.15) is 4.90 Å². The minimum atomic E-state index is -3.73. The van der Waals surface area contributed by atoms with E-state index < -0.39 is 15.6 Å². The van der Waals surface area contributed by atoms with Gasteiger partial charge in [0.15, 0.2) is 0 Å². The van der Waals surface area contributed by atoms with Crippen molar-refractivity contribution < 1.29 is 8.42 Å². The Morgan fingerprint density at radius 1 is 1.17 bits per heavy atom. The lowest BCUT2D eigenvalue weighted by Gasteiger charge is -2.22. The molecule has 0 amide bonds. The van der Waals surface area contributed by atoms with E-state index in [4.69, 9.17) is 23.2 Å². The van der Waals surface area contributed by atoms with Crippen LogP contribution in [-0.4, -0.2) is 14.0 Å². The van der Waals surface area contributed by atoms with E-state index in [1.165, 1.54) is 0 Å². The molecule has 0 aliphatic rings. The molecule has 0 unspecified atom stereocenters. The van der Waals surface area contributed by atoms with E-state index in [1.54, 1.807) is 33.8 Å². The van der Waals surface area contributed by atoms with Crippen LogP contribution in [0.15, 0.2) is 11.0 Å². The molecule has 3 nitrogen and oxygen atoms in total. The fourth-order valence-corrected chi connectivity index (χ4v) is 4.29. The highest BCUT2D eigenvalue weighted by Gasteiger charge is 2.28. The van der Waals surface area contributed by atoms with Crippen LogP contribution in [0.5, 0.6) is 0 Å². The second-order valence-corrected chi connectivity index (χ2v) is 7.70. The lowest BCUT2D eigenvalue weighted by atomic mass is 10.1. The van der Waals surface area contributed by atoms with Gasteiger partial charge in [0.2, 0.25) is 10.0 Å². The van der Waals surface area contributed by atoms with E-state index in [-0.39, 0.29) is 14.9 Å². The predicted octanol–water partition coefficient (Wildman–Crippen LogP) is 3.69. The van der Waals surface area contributed by atoms with Gasteiger partial charge < -0.3 is 0 Å². The molecule has 102 valence electrons. The minimum absolute atomic E-state index is 0.0520. The van der Waals surface area contributed by atoms with Crippen molar-refractivity contribution in [3.63, 3.8) is 0 Å². The van der Waals surface area contributed by atoms with Crippen LogP contribution in [0.25, 0.3) is 0 Å². The number of aryl methyl sites for hydroxylation is 1. The largest absolute Gasteiger partial charge is 0.244 e. The zero-order valence-corrected chi connectivity index (χ0v) is 13.4. The molecular weight excluding hydrogens is 293 g/mol. The summed E-state index contributed by atoms with van der Waals surface area (Å²) in [5.74, 6) is 0. The summed E-state index contributed by atoms with van der Waals surface area (Å²) in [5.41, 5.74) is 0.986. The number of halogens is 2. The van der Waals surface area contributed by atoms with Crippen LogP contribution in [0.4, 0.5) is 0 Å². The van der Waals surface area contributed by atoms with Gasteiger partial charge in [-0.2, -0.15) is 0 Å². The van der Waals surface area contributed by atoms with Gasteiger partial charge in [-0.3, -0.25) is 0 Å². The van der Waals surface area contributed by atoms with Gasteiger partial charge in [-0.1, -0.05) is 23.2 Å². The van der Waals surface area contributed by atoms with Gasteiger partial charge in [-0.15, -0.1) is 0 Å². The first-order valence-electron chi connectivity index (χ1n) is 5.45. The van der Waals surface area contributed by atoms with Crippen molar-refractivity contribution in [1.82, 2.24) is 4.72 Å². The van der Waals surface area contributed by atoms with Crippen molar-refractivity contribution in [2.45, 2.75) is 45.1 Å². The number of rotatable bonds is 2. The van der Waals surface area contributed by atoms with Crippen molar-refractivity contribution in [2.24, 2.45) is 0 Å². The molecule has 0 fully saturated rings. The molecule has 0 heterocycles. The van der Waals surface area contributed by atoms with Crippen LogP contribution in [0.3, 0.4) is 0 Å². The topological polar surface area (TPSA) is 46.2 Å². The maximum absolute atomic E-state index is 12.3. The Balaban J connectivity index is 3.48. The van der Waals surface area contributed by atoms with Crippen molar-refractivity contribution in [1.29, 1.82) is 0 Å². The Kier molecular flexibility index (Phi) is 4.38. The third-order valence-electron chi connectivity index (χ3n) is 2.39. The van der Waals surface area contributed by atoms with Gasteiger partial charge in [0.25, 0.3) is 0 Å². The summed E-state index contributed by atoms with van der Waals surface area (Å²) in [6, 6.07) is 1.61. The molecule has 0 saturated carbocycles. The molecule has 18 heavy (non-hydrogen) atoms. The Morgan fingerprint density at radius 3 is 2.11 bits per heavy atom. The standard InChI is InChI=1S/C12H17Cl2NO2S/c1-7-6-9(13)11(10(14)8(7)2)18(16,17)15-12(3,4)5/h6,15H,1-5H3. The first kappa shape index (κ1) is 15.8. The smallest absolute Gasteiger partial charge is 0.207 e. The Morgan fingerprint density at radius 2 is 1.67 bits per heavy atom. The molecule has 1 aromatic rings. The first-order chi connectivity index (χ1) is 7.96. The second kappa shape index (κ2) is 5.00. The average Bonchev–Trinajstić information content (AvgIpc) is 2.09. The molecule has 6 heteroatoms. The van der Waals surface area contributed by atoms with Gasteiger partial charge in [0.05, 0.1) is 10.0 Å². The van der Waals surface area contributed by atoms with E-state index in [2.05, 4.69) is 4.72 Å². The summed E-state index contributed by atoms with van der Waals surface area (Å²) in [4.78, 5) is -0.0520. The van der Waals surface area contributed by atoms with Crippen LogP contribution in [0, 0.1) is 13.8 Å². The van der Waals surface area contributed by atoms with Crippen LogP contribution in [0.2, 0.25) is 10.0 Å². The van der Waals surface area contributed by atoms with Crippen molar-refractivity contribution >= 4 is 33.2 Å². The number of sulfonamides is 1. The highest BCUT2D eigenvalue weighted by Crippen LogP contribution is 2.34. The third-order valence-corrected chi connectivity index (χ3v) is 5.23. The van der Waals surface area contributed by atoms with Crippen molar-refractivity contribution in [3.8, 4) is 0 Å². The Labute approximate surface area is 119 Å². The lowest BCUT2D eigenvalue weighted by molar-refractivity contribution is 0.491. The summed E-state index contributed by atoms with van der Waals surface area (Å²) in [7, 11) is -3.73. The maximum Gasteiger partial charge on any atom is 0.244 e. The van der Waals surface area contributed by atoms with Gasteiger partial charge in [-0.25, -0.2) is 13.1 Å². The van der Waals surface area contributed by atoms with Gasteiger partial charge in [0, 0.05) is 5.54 Å². The van der Waals surface area contributed by atoms with Crippen LogP contribution in [0.1, 0.15) is 31.9 Å². The van der Waals surface area contributed by atoms with E-state index in [1.807, 2.05) is 6.92 Å². The predicted molar refractivity (Wildman–Crippen MR) is 76.0 cm³/mol. The number of nitrogens with one attached hydrogen (secondary N) is 1. The minimum Gasteiger partial charge on any atom is -0.207 e. The molecule has 0 aliphatic heterocycles. The molecule has 0 aromatic heterocycles. The van der Waals surface area contributed by atoms with E-state index >= 15 is 0 Å². The van der Waals surface area contributed by atoms with Gasteiger partial charge >= 0.3 is 0 Å². The summed E-state index contributed by atoms with van der Waals surface area (Å²) in [6.45, 7) is 8.87. The quantitative estimate of drug-likeness (QED) is 0.905. The van der Waals surface area contributed by atoms with E-state index in [9.17, 15) is 8.42 Å². The monoisotopic (exact) mass is 309 g/mol. The number of hydrogen-bond donors (Lipinski definition) is 1. The van der Waals surface area contributed by atoms with Crippen LogP contribution < -0.4 is 4.72 Å². The number of hydrogen-bond acceptors (Lipinski definition) is 2. The highest BCUT2D eigenvalue weighted by atomic mass is 35.5. The summed E-state index contributed by atoms with van der Waals surface area (Å²) in [5, 5.41) is 0.316. The molecule has 0 saturated heterocycles. The SMILES string of the molecule is Cc1cc(Cl)c(S(=O)(=O)NC(C)(C)C)c(Cl)c1C. The second-order valence-electron chi connectivity index (χ2n) is 5.30. The summed E-state index contributed by atoms with van der Waals surface area (Å²) >= 11 is 12.1. The molecule has 0 spiro atoms. The highest BCUT2D eigenvalue weighted by molar-refractivity contribution is 7.89. The van der Waals surface area contributed by atoms with Crippen LogP contribution in [-0.2, 0) is 10.0 Å². The molecular formula is C12H17Cl2NO2S. The van der Waals surface area contributed by atoms with Crippen molar-refractivity contribution in [3.05, 3.63) is 27.2 Å². The van der Waals surface area contributed by atoms with Crippen LogP contribution >= 0.6 is 23.2 Å². The average molecular weight is 310 g/mol. The molecule has 1 N–H and O–H groups in total. The third kappa shape index (κ3) is 3.38. The molecule has 0 aliphatic carbocycles. The summed E-state index contributed by atoms with van der Waals surface area (Å²) in [6.07, 6.45) is 0. The van der Waals surface area contributed by atoms with E-state index in [0.29, 0.717) is 0 Å². The maximum atomic E-state index is 12.3. The molecule has 0 bridgehead atoms. The van der Waals surface area contributed by atoms with E-state index in [0.717, 1.165) is 11.1 Å². The lowest BCUT2D eigenvalue weighted by Crippen LogP contribution is -2.40. The number of benzene rings is 1. The first-order valence-corrected chi connectivity index (χ1v) is 7.69. The zero-order valence-electron chi connectivity index (χ0n) is 11.1. The normalized spacial score (nSPS) is 12.8. The molecule has 0 radical (unpaired) electrons. The fourth-order valence-electron chi connectivity index (χ4n) is 1.51. The molecule has 0 atom stereocenters. The summed E-state index contributed by atoms with van der Waals surface area (Å²) < 4.78 is 27.1. The zero-order chi connectivity index (χ0) is 14.3. The molecule has 1 aromatic carbocycles. The van der Waals surface area contributed by atoms with Gasteiger partial charge in [-0.05, 0) is 51.8 Å². The Bertz CT molecular complexity index is 575. The Hall–Kier alpha value is -0.290. The fraction of sp³-hybridized carbons (Fsp3) is 0.500. The molecule has 1 rings (SSSR count). The van der Waals surface area contributed by atoms with Crippen molar-refractivity contribution in [2.75, 3.05) is 0 Å².